The Morgan fingerprint density at radius 2 is 1.86 bits per heavy atom. The third-order valence-corrected chi connectivity index (χ3v) is 8.35. The van der Waals surface area contributed by atoms with Crippen molar-refractivity contribution in [3.8, 4) is 11.1 Å². The van der Waals surface area contributed by atoms with Crippen LogP contribution in [-0.4, -0.2) is 33.2 Å². The van der Waals surface area contributed by atoms with E-state index in [1.54, 1.807) is 23.2 Å². The molecule has 2 aliphatic rings. The number of pyridine rings is 2. The zero-order valence-corrected chi connectivity index (χ0v) is 23.5. The summed E-state index contributed by atoms with van der Waals surface area (Å²) in [5.74, 6) is -2.49. The first-order valence-corrected chi connectivity index (χ1v) is 14.2. The van der Waals surface area contributed by atoms with E-state index < -0.39 is 17.7 Å². The molecule has 2 N–H and O–H groups in total. The van der Waals surface area contributed by atoms with Gasteiger partial charge in [-0.2, -0.15) is 0 Å². The van der Waals surface area contributed by atoms with Gasteiger partial charge in [-0.15, -0.1) is 0 Å². The highest BCUT2D eigenvalue weighted by Crippen LogP contribution is 2.38. The van der Waals surface area contributed by atoms with Crippen molar-refractivity contribution in [3.05, 3.63) is 99.1 Å². The Kier molecular flexibility index (Phi) is 7.36. The topological polar surface area (TPSA) is 95.2 Å². The second-order valence-corrected chi connectivity index (χ2v) is 11.2. The average molecular weight is 589 g/mol. The Morgan fingerprint density at radius 1 is 1.02 bits per heavy atom. The Bertz CT molecular complexity index is 1840. The minimum atomic E-state index is -0.882. The van der Waals surface area contributed by atoms with Crippen LogP contribution >= 0.6 is 11.6 Å². The van der Waals surface area contributed by atoms with Crippen molar-refractivity contribution in [2.45, 2.75) is 38.6 Å². The summed E-state index contributed by atoms with van der Waals surface area (Å²) in [6, 6.07) is 12.4. The third-order valence-electron chi connectivity index (χ3n) is 8.06. The molecule has 6 rings (SSSR count). The van der Waals surface area contributed by atoms with Crippen molar-refractivity contribution in [1.82, 2.24) is 14.9 Å². The van der Waals surface area contributed by atoms with Gasteiger partial charge in [0.2, 0.25) is 17.4 Å². The van der Waals surface area contributed by atoms with E-state index in [9.17, 15) is 23.2 Å². The van der Waals surface area contributed by atoms with Crippen LogP contribution in [0.3, 0.4) is 0 Å². The van der Waals surface area contributed by atoms with Crippen molar-refractivity contribution in [2.24, 2.45) is 5.92 Å². The number of anilines is 1. The molecule has 2 amide bonds. The normalized spacial score (nSPS) is 19.4. The van der Waals surface area contributed by atoms with E-state index in [0.717, 1.165) is 28.6 Å². The SMILES string of the molecule is CC1CCCC(N2CCC(c3c(F)ccc(Cl)c3F)=CC2=O)c2cc(ccn2)-c2cc3ccc(=O)[nH]c3cc2NC1=O. The van der Waals surface area contributed by atoms with Crippen LogP contribution < -0.4 is 10.9 Å². The predicted molar refractivity (Wildman–Crippen MR) is 158 cm³/mol. The number of aromatic amines is 1. The van der Waals surface area contributed by atoms with Crippen LogP contribution in [0.25, 0.3) is 27.6 Å². The highest BCUT2D eigenvalue weighted by atomic mass is 35.5. The molecule has 0 saturated carbocycles. The molecule has 2 unspecified atom stereocenters. The zero-order chi connectivity index (χ0) is 29.5. The van der Waals surface area contributed by atoms with Crippen LogP contribution in [0, 0.1) is 17.6 Å². The highest BCUT2D eigenvalue weighted by Gasteiger charge is 2.31. The van der Waals surface area contributed by atoms with E-state index >= 15 is 0 Å². The van der Waals surface area contributed by atoms with Crippen LogP contribution in [0.1, 0.15) is 49.9 Å². The van der Waals surface area contributed by atoms with Gasteiger partial charge in [-0.05, 0) is 78.2 Å². The lowest BCUT2D eigenvalue weighted by atomic mass is 9.92. The number of amides is 2. The number of hydrogen-bond donors (Lipinski definition) is 2. The zero-order valence-electron chi connectivity index (χ0n) is 22.7. The van der Waals surface area contributed by atoms with Crippen molar-refractivity contribution in [1.29, 1.82) is 0 Å². The number of hydrogen-bond acceptors (Lipinski definition) is 4. The van der Waals surface area contributed by atoms with Crippen molar-refractivity contribution in [2.75, 3.05) is 11.9 Å². The smallest absolute Gasteiger partial charge is 0.248 e. The number of nitrogens with zero attached hydrogens (tertiary/aromatic N) is 2. The van der Waals surface area contributed by atoms with Gasteiger partial charge in [-0.1, -0.05) is 24.9 Å². The number of carbonyl (C=O) groups excluding carboxylic acids is 2. The van der Waals surface area contributed by atoms with Gasteiger partial charge in [0.15, 0.2) is 5.82 Å². The number of nitrogens with one attached hydrogen (secondary N) is 2. The fraction of sp³-hybridized carbons (Fsp3) is 0.250. The Morgan fingerprint density at radius 3 is 2.67 bits per heavy atom. The number of H-pyrrole nitrogens is 1. The molecule has 4 aromatic rings. The summed E-state index contributed by atoms with van der Waals surface area (Å²) in [6.07, 6.45) is 4.95. The van der Waals surface area contributed by atoms with Gasteiger partial charge in [0.1, 0.15) is 5.82 Å². The largest absolute Gasteiger partial charge is 0.330 e. The first-order chi connectivity index (χ1) is 20.2. The molecule has 10 heteroatoms. The number of aromatic nitrogens is 2. The van der Waals surface area contributed by atoms with E-state index in [1.807, 2.05) is 25.1 Å². The number of carbonyl (C=O) groups is 2. The minimum Gasteiger partial charge on any atom is -0.330 e. The monoisotopic (exact) mass is 588 g/mol. The summed E-state index contributed by atoms with van der Waals surface area (Å²) in [5.41, 5.74) is 3.10. The van der Waals surface area contributed by atoms with E-state index in [1.165, 1.54) is 12.1 Å². The molecule has 0 fully saturated rings. The summed E-state index contributed by atoms with van der Waals surface area (Å²) < 4.78 is 29.3. The Balaban J connectivity index is 1.42. The van der Waals surface area contributed by atoms with Gasteiger partial charge < -0.3 is 15.2 Å². The summed E-state index contributed by atoms with van der Waals surface area (Å²) in [7, 11) is 0. The summed E-state index contributed by atoms with van der Waals surface area (Å²) in [5, 5.41) is 3.62. The highest BCUT2D eigenvalue weighted by molar-refractivity contribution is 6.31. The quantitative estimate of drug-likeness (QED) is 0.257. The molecule has 2 bridgehead atoms. The molecule has 0 spiro atoms. The first kappa shape index (κ1) is 27.8. The molecule has 2 aromatic heterocycles. The maximum Gasteiger partial charge on any atom is 0.248 e. The van der Waals surface area contributed by atoms with E-state index in [0.29, 0.717) is 36.2 Å². The van der Waals surface area contributed by atoms with Crippen molar-refractivity contribution < 1.29 is 18.4 Å². The van der Waals surface area contributed by atoms with Gasteiger partial charge in [0, 0.05) is 36.4 Å². The second kappa shape index (κ2) is 11.1. The molecule has 2 aliphatic heterocycles. The van der Waals surface area contributed by atoms with Crippen LogP contribution in [0.2, 0.25) is 5.02 Å². The molecule has 2 aromatic carbocycles. The minimum absolute atomic E-state index is 0.146. The molecule has 214 valence electrons. The fourth-order valence-electron chi connectivity index (χ4n) is 5.79. The summed E-state index contributed by atoms with van der Waals surface area (Å²) in [6.45, 7) is 2.09. The fourth-order valence-corrected chi connectivity index (χ4v) is 5.95. The summed E-state index contributed by atoms with van der Waals surface area (Å²) in [4.78, 5) is 47.7. The molecule has 0 aliphatic carbocycles. The van der Waals surface area contributed by atoms with Crippen molar-refractivity contribution in [3.63, 3.8) is 0 Å². The second-order valence-electron chi connectivity index (χ2n) is 10.8. The van der Waals surface area contributed by atoms with Crippen LogP contribution in [-0.2, 0) is 9.59 Å². The van der Waals surface area contributed by atoms with Gasteiger partial charge >= 0.3 is 0 Å². The lowest BCUT2D eigenvalue weighted by Gasteiger charge is -2.34. The lowest BCUT2D eigenvalue weighted by molar-refractivity contribution is -0.129. The van der Waals surface area contributed by atoms with Crippen LogP contribution in [0.4, 0.5) is 14.5 Å². The van der Waals surface area contributed by atoms with Gasteiger partial charge in [0.25, 0.3) is 0 Å². The lowest BCUT2D eigenvalue weighted by Crippen LogP contribution is -2.38. The van der Waals surface area contributed by atoms with Crippen LogP contribution in [0.15, 0.2) is 65.6 Å². The molecule has 0 radical (unpaired) electrons. The molecule has 0 saturated heterocycles. The maximum absolute atomic E-state index is 14.7. The molecule has 4 heterocycles. The molecule has 2 atom stereocenters. The molecular weight excluding hydrogens is 562 g/mol. The number of benzene rings is 2. The average Bonchev–Trinajstić information content (AvgIpc) is 2.97. The maximum atomic E-state index is 14.7. The van der Waals surface area contributed by atoms with Crippen LogP contribution in [0.5, 0.6) is 0 Å². The molecule has 7 nitrogen and oxygen atoms in total. The van der Waals surface area contributed by atoms with Gasteiger partial charge in [0.05, 0.1) is 33.5 Å². The number of halogens is 3. The standard InChI is InChI=1S/C32H27ClF2N4O3/c1-17-3-2-4-27(39-12-10-20(15-29(39)41)30-23(34)7-6-22(33)31(30)35)26-14-18(9-11-36-26)21-13-19-5-8-28(40)37-24(19)16-25(21)38-32(17)42/h5-9,11,13-17,27H,2-4,10,12H2,1H3,(H,37,40)(H,38,42). The van der Waals surface area contributed by atoms with Crippen molar-refractivity contribution >= 4 is 45.6 Å². The third kappa shape index (κ3) is 5.20. The molecule has 42 heavy (non-hydrogen) atoms. The first-order valence-electron chi connectivity index (χ1n) is 13.8. The Hall–Kier alpha value is -4.37. The van der Waals surface area contributed by atoms with E-state index in [2.05, 4.69) is 15.3 Å². The predicted octanol–water partition coefficient (Wildman–Crippen LogP) is 6.64. The number of rotatable bonds is 2. The van der Waals surface area contributed by atoms with Gasteiger partial charge in [-0.3, -0.25) is 19.4 Å². The van der Waals surface area contributed by atoms with Gasteiger partial charge in [-0.25, -0.2) is 8.78 Å². The number of fused-ring (bicyclic) bond motifs is 5. The van der Waals surface area contributed by atoms with E-state index in [-0.39, 0.29) is 52.4 Å². The summed E-state index contributed by atoms with van der Waals surface area (Å²) >= 11 is 5.90. The molecular formula is C32H27ClF2N4O3. The Labute approximate surface area is 245 Å². The van der Waals surface area contributed by atoms with E-state index in [4.69, 9.17) is 11.6 Å².